The molecule has 1 N–H and O–H groups in total. The lowest BCUT2D eigenvalue weighted by molar-refractivity contribution is 0.598. The topological polar surface area (TPSA) is 80.3 Å². The predicted octanol–water partition coefficient (Wildman–Crippen LogP) is 2.09. The highest BCUT2D eigenvalue weighted by molar-refractivity contribution is 7.91. The molecule has 1 fully saturated rings. The first-order chi connectivity index (χ1) is 9.57. The molecule has 1 aliphatic carbocycles. The van der Waals surface area contributed by atoms with Gasteiger partial charge in [-0.3, -0.25) is 0 Å². The van der Waals surface area contributed by atoms with Crippen molar-refractivity contribution in [1.82, 2.24) is 0 Å². The number of hydrogen-bond donors (Lipinski definition) is 1. The molecule has 7 heteroatoms. The van der Waals surface area contributed by atoms with Crippen molar-refractivity contribution in [3.05, 3.63) is 18.2 Å². The lowest BCUT2D eigenvalue weighted by Gasteiger charge is -2.17. The van der Waals surface area contributed by atoms with E-state index < -0.39 is 19.7 Å². The van der Waals surface area contributed by atoms with Gasteiger partial charge in [-0.05, 0) is 43.4 Å². The molecule has 1 aromatic carbocycles. The molecule has 2 rings (SSSR count). The maximum absolute atomic E-state index is 11.9. The highest BCUT2D eigenvalue weighted by Crippen LogP contribution is 2.31. The van der Waals surface area contributed by atoms with E-state index in [-0.39, 0.29) is 15.8 Å². The molecule has 0 spiro atoms. The fraction of sp³-hybridized carbons (Fsp3) is 0.571. The minimum Gasteiger partial charge on any atom is -0.381 e. The Morgan fingerprint density at radius 3 is 2.19 bits per heavy atom. The van der Waals surface area contributed by atoms with Gasteiger partial charge in [0.1, 0.15) is 0 Å². The molecule has 2 unspecified atom stereocenters. The smallest absolute Gasteiger partial charge is 0.177 e. The van der Waals surface area contributed by atoms with E-state index in [2.05, 4.69) is 12.2 Å². The first kappa shape index (κ1) is 16.3. The number of sulfone groups is 2. The quantitative estimate of drug-likeness (QED) is 0.914. The van der Waals surface area contributed by atoms with E-state index in [0.29, 0.717) is 11.6 Å². The van der Waals surface area contributed by atoms with Gasteiger partial charge in [0.2, 0.25) is 0 Å². The summed E-state index contributed by atoms with van der Waals surface area (Å²) in [7, 11) is -6.93. The van der Waals surface area contributed by atoms with Crippen LogP contribution < -0.4 is 5.32 Å². The minimum absolute atomic E-state index is 0.0215. The molecule has 0 amide bonds. The van der Waals surface area contributed by atoms with Crippen molar-refractivity contribution < 1.29 is 16.8 Å². The maximum Gasteiger partial charge on any atom is 0.177 e. The van der Waals surface area contributed by atoms with Crippen LogP contribution >= 0.6 is 0 Å². The first-order valence-corrected chi connectivity index (χ1v) is 10.7. The van der Waals surface area contributed by atoms with E-state index in [1.165, 1.54) is 12.1 Å². The summed E-state index contributed by atoms with van der Waals surface area (Å²) in [6.45, 7) is 2.17. The van der Waals surface area contributed by atoms with Crippen LogP contribution in [0, 0.1) is 5.92 Å². The zero-order valence-corrected chi connectivity index (χ0v) is 14.1. The van der Waals surface area contributed by atoms with E-state index in [1.54, 1.807) is 6.07 Å². The third-order valence-corrected chi connectivity index (χ3v) is 6.08. The fourth-order valence-electron chi connectivity index (χ4n) is 2.72. The Morgan fingerprint density at radius 2 is 1.71 bits per heavy atom. The summed E-state index contributed by atoms with van der Waals surface area (Å²) in [4.78, 5) is 0.0678. The monoisotopic (exact) mass is 331 g/mol. The van der Waals surface area contributed by atoms with Crippen molar-refractivity contribution in [2.75, 3.05) is 17.8 Å². The Labute approximate surface area is 126 Å². The van der Waals surface area contributed by atoms with Gasteiger partial charge in [-0.2, -0.15) is 0 Å². The highest BCUT2D eigenvalue weighted by Gasteiger charge is 2.24. The van der Waals surface area contributed by atoms with Gasteiger partial charge in [0, 0.05) is 18.6 Å². The second kappa shape index (κ2) is 5.61. The van der Waals surface area contributed by atoms with E-state index in [1.807, 2.05) is 0 Å². The summed E-state index contributed by atoms with van der Waals surface area (Å²) < 4.78 is 47.1. The van der Waals surface area contributed by atoms with E-state index in [4.69, 9.17) is 0 Å². The zero-order valence-electron chi connectivity index (χ0n) is 12.5. The molecule has 1 aliphatic rings. The van der Waals surface area contributed by atoms with Gasteiger partial charge in [0.25, 0.3) is 0 Å². The molecule has 2 atom stereocenters. The van der Waals surface area contributed by atoms with Crippen molar-refractivity contribution in [3.63, 3.8) is 0 Å². The zero-order chi connectivity index (χ0) is 15.8. The average Bonchev–Trinajstić information content (AvgIpc) is 2.72. The van der Waals surface area contributed by atoms with E-state index in [0.717, 1.165) is 31.8 Å². The standard InChI is InChI=1S/C14H21NO4S2/c1-10-4-5-11(8-10)15-13-7-6-12(20(2,16)17)9-14(13)21(3,18)19/h6-7,9-11,15H,4-5,8H2,1-3H3. The molecule has 118 valence electrons. The van der Waals surface area contributed by atoms with Crippen molar-refractivity contribution in [2.45, 2.75) is 42.0 Å². The summed E-state index contributed by atoms with van der Waals surface area (Å²) in [5.74, 6) is 0.625. The van der Waals surface area contributed by atoms with Gasteiger partial charge in [0.15, 0.2) is 19.7 Å². The normalized spacial score (nSPS) is 23.2. The second-order valence-corrected chi connectivity index (χ2v) is 9.96. The fourth-order valence-corrected chi connectivity index (χ4v) is 4.31. The number of benzene rings is 1. The van der Waals surface area contributed by atoms with Crippen molar-refractivity contribution in [3.8, 4) is 0 Å². The van der Waals surface area contributed by atoms with Crippen molar-refractivity contribution >= 4 is 25.4 Å². The van der Waals surface area contributed by atoms with E-state index >= 15 is 0 Å². The van der Waals surface area contributed by atoms with Crippen LogP contribution in [0.4, 0.5) is 5.69 Å². The van der Waals surface area contributed by atoms with Crippen molar-refractivity contribution in [1.29, 1.82) is 0 Å². The van der Waals surface area contributed by atoms with Gasteiger partial charge in [-0.25, -0.2) is 16.8 Å². The molecule has 1 aromatic rings. The third kappa shape index (κ3) is 3.97. The average molecular weight is 331 g/mol. The third-order valence-electron chi connectivity index (χ3n) is 3.84. The molecular formula is C14H21NO4S2. The molecule has 5 nitrogen and oxygen atoms in total. The maximum atomic E-state index is 11.9. The van der Waals surface area contributed by atoms with Crippen molar-refractivity contribution in [2.24, 2.45) is 5.92 Å². The predicted molar refractivity (Wildman–Crippen MR) is 83.1 cm³/mol. The molecule has 0 aliphatic heterocycles. The van der Waals surface area contributed by atoms with Gasteiger partial charge in [-0.1, -0.05) is 6.92 Å². The molecule has 0 saturated heterocycles. The van der Waals surface area contributed by atoms with Gasteiger partial charge in [0.05, 0.1) is 15.5 Å². The van der Waals surface area contributed by atoms with E-state index in [9.17, 15) is 16.8 Å². The second-order valence-electron chi connectivity index (χ2n) is 5.96. The Morgan fingerprint density at radius 1 is 1.05 bits per heavy atom. The van der Waals surface area contributed by atoms with Crippen LogP contribution in [-0.4, -0.2) is 35.4 Å². The highest BCUT2D eigenvalue weighted by atomic mass is 32.2. The Balaban J connectivity index is 2.41. The molecule has 1 saturated carbocycles. The van der Waals surface area contributed by atoms with Crippen LogP contribution in [0.15, 0.2) is 28.0 Å². The van der Waals surface area contributed by atoms with Gasteiger partial charge in [-0.15, -0.1) is 0 Å². The van der Waals surface area contributed by atoms with Gasteiger partial charge < -0.3 is 5.32 Å². The van der Waals surface area contributed by atoms with Crippen LogP contribution in [-0.2, 0) is 19.7 Å². The van der Waals surface area contributed by atoms with Crippen LogP contribution in [0.2, 0.25) is 0 Å². The molecule has 0 heterocycles. The molecule has 0 radical (unpaired) electrons. The Kier molecular flexibility index (Phi) is 4.35. The lowest BCUT2D eigenvalue weighted by Crippen LogP contribution is -2.17. The number of hydrogen-bond acceptors (Lipinski definition) is 5. The van der Waals surface area contributed by atoms with Crippen LogP contribution in [0.25, 0.3) is 0 Å². The summed E-state index contributed by atoms with van der Waals surface area (Å²) in [5, 5.41) is 3.25. The summed E-state index contributed by atoms with van der Waals surface area (Å²) in [5.41, 5.74) is 0.490. The number of rotatable bonds is 4. The number of nitrogens with one attached hydrogen (secondary N) is 1. The molecule has 0 bridgehead atoms. The SMILES string of the molecule is CC1CCC(Nc2ccc(S(C)(=O)=O)cc2S(C)(=O)=O)C1. The van der Waals surface area contributed by atoms with Crippen LogP contribution in [0.1, 0.15) is 26.2 Å². The summed E-state index contributed by atoms with van der Waals surface area (Å²) in [6, 6.07) is 4.48. The first-order valence-electron chi connectivity index (χ1n) is 6.88. The summed E-state index contributed by atoms with van der Waals surface area (Å²) >= 11 is 0. The van der Waals surface area contributed by atoms with Crippen LogP contribution in [0.3, 0.4) is 0 Å². The summed E-state index contributed by atoms with van der Waals surface area (Å²) in [6.07, 6.45) is 5.28. The van der Waals surface area contributed by atoms with Crippen LogP contribution in [0.5, 0.6) is 0 Å². The largest absolute Gasteiger partial charge is 0.381 e. The Hall–Kier alpha value is -1.08. The lowest BCUT2D eigenvalue weighted by atomic mass is 10.1. The number of anilines is 1. The molecular weight excluding hydrogens is 310 g/mol. The molecule has 21 heavy (non-hydrogen) atoms. The molecule has 0 aromatic heterocycles. The minimum atomic E-state index is -3.50. The Bertz CT molecular complexity index is 738. The van der Waals surface area contributed by atoms with Gasteiger partial charge >= 0.3 is 0 Å².